The maximum absolute atomic E-state index is 12.8. The van der Waals surface area contributed by atoms with Crippen molar-refractivity contribution in [3.05, 3.63) is 48.2 Å². The molecule has 0 unspecified atom stereocenters. The zero-order chi connectivity index (χ0) is 17.9. The van der Waals surface area contributed by atoms with Gasteiger partial charge in [0, 0.05) is 36.4 Å². The molecule has 0 aliphatic carbocycles. The number of carbonyl (C=O) groups excluding carboxylic acids is 2. The first-order valence-electron chi connectivity index (χ1n) is 8.68. The van der Waals surface area contributed by atoms with Crippen LogP contribution in [0.2, 0.25) is 0 Å². The van der Waals surface area contributed by atoms with E-state index in [1.165, 1.54) is 0 Å². The Morgan fingerprint density at radius 1 is 1.23 bits per heavy atom. The molecule has 1 aliphatic rings. The number of piperidine rings is 1. The van der Waals surface area contributed by atoms with Crippen LogP contribution >= 0.6 is 0 Å². The van der Waals surface area contributed by atoms with Crippen molar-refractivity contribution in [1.82, 2.24) is 30.4 Å². The second-order valence-electron chi connectivity index (χ2n) is 6.52. The van der Waals surface area contributed by atoms with E-state index in [9.17, 15) is 9.59 Å². The molecule has 1 saturated heterocycles. The molecule has 4 rings (SSSR count). The number of aromatic amines is 2. The van der Waals surface area contributed by atoms with E-state index in [1.807, 2.05) is 23.1 Å². The normalized spacial score (nSPS) is 15.3. The lowest BCUT2D eigenvalue weighted by Gasteiger charge is -2.32. The van der Waals surface area contributed by atoms with Gasteiger partial charge in [-0.15, -0.1) is 0 Å². The number of amides is 2. The number of H-pyrrole nitrogens is 2. The van der Waals surface area contributed by atoms with Crippen LogP contribution in [0.15, 0.2) is 36.9 Å². The predicted molar refractivity (Wildman–Crippen MR) is 95.5 cm³/mol. The van der Waals surface area contributed by atoms with Gasteiger partial charge in [0.2, 0.25) is 5.91 Å². The zero-order valence-corrected chi connectivity index (χ0v) is 14.2. The van der Waals surface area contributed by atoms with Gasteiger partial charge >= 0.3 is 0 Å². The summed E-state index contributed by atoms with van der Waals surface area (Å²) in [4.78, 5) is 33.6. The predicted octanol–water partition coefficient (Wildman–Crippen LogP) is 1.25. The molecule has 134 valence electrons. The molecule has 2 amide bonds. The van der Waals surface area contributed by atoms with Crippen molar-refractivity contribution in [3.63, 3.8) is 0 Å². The highest BCUT2D eigenvalue weighted by atomic mass is 16.2. The number of hydrogen-bond donors (Lipinski definition) is 3. The summed E-state index contributed by atoms with van der Waals surface area (Å²) in [6, 6.07) is 5.69. The summed E-state index contributed by atoms with van der Waals surface area (Å²) in [6.07, 6.45) is 6.70. The Morgan fingerprint density at radius 2 is 2.08 bits per heavy atom. The van der Waals surface area contributed by atoms with E-state index in [0.717, 1.165) is 29.4 Å². The Bertz CT molecular complexity index is 909. The summed E-state index contributed by atoms with van der Waals surface area (Å²) in [7, 11) is 0. The van der Waals surface area contributed by atoms with E-state index in [0.29, 0.717) is 25.1 Å². The van der Waals surface area contributed by atoms with E-state index >= 15 is 0 Å². The number of nitrogens with zero attached hydrogens (tertiary/aromatic N) is 3. The zero-order valence-electron chi connectivity index (χ0n) is 14.2. The average Bonchev–Trinajstić information content (AvgIpc) is 3.32. The number of likely N-dealkylation sites (tertiary alicyclic amines) is 1. The molecule has 0 radical (unpaired) electrons. The van der Waals surface area contributed by atoms with Crippen LogP contribution in [0.4, 0.5) is 0 Å². The molecule has 3 aromatic rings. The third kappa shape index (κ3) is 3.30. The summed E-state index contributed by atoms with van der Waals surface area (Å²) in [6.45, 7) is 1.25. The van der Waals surface area contributed by atoms with Crippen molar-refractivity contribution < 1.29 is 9.59 Å². The van der Waals surface area contributed by atoms with Gasteiger partial charge in [0.05, 0.1) is 30.0 Å². The molecule has 1 aromatic carbocycles. The lowest BCUT2D eigenvalue weighted by molar-refractivity contribution is -0.121. The van der Waals surface area contributed by atoms with E-state index in [4.69, 9.17) is 0 Å². The summed E-state index contributed by atoms with van der Waals surface area (Å²) in [5.41, 5.74) is 2.32. The maximum Gasteiger partial charge on any atom is 0.254 e. The number of rotatable bonds is 4. The molecule has 1 fully saturated rings. The van der Waals surface area contributed by atoms with Crippen molar-refractivity contribution in [2.24, 2.45) is 0 Å². The minimum absolute atomic E-state index is 0.0132. The highest BCUT2D eigenvalue weighted by Gasteiger charge is 2.25. The van der Waals surface area contributed by atoms with Gasteiger partial charge in [0.25, 0.3) is 5.91 Å². The number of hydrogen-bond acceptors (Lipinski definition) is 4. The van der Waals surface area contributed by atoms with Crippen LogP contribution in [-0.2, 0) is 11.2 Å². The molecule has 2 aromatic heterocycles. The highest BCUT2D eigenvalue weighted by Crippen LogP contribution is 2.20. The van der Waals surface area contributed by atoms with E-state index < -0.39 is 0 Å². The number of carbonyl (C=O) groups is 2. The van der Waals surface area contributed by atoms with Crippen LogP contribution in [0.5, 0.6) is 0 Å². The second kappa shape index (κ2) is 6.99. The molecule has 3 heterocycles. The fourth-order valence-corrected chi connectivity index (χ4v) is 3.38. The molecule has 26 heavy (non-hydrogen) atoms. The Labute approximate surface area is 150 Å². The van der Waals surface area contributed by atoms with Gasteiger partial charge in [-0.05, 0) is 25.0 Å². The van der Waals surface area contributed by atoms with Gasteiger partial charge in [-0.25, -0.2) is 4.98 Å². The molecular formula is C18H20N6O2. The van der Waals surface area contributed by atoms with Gasteiger partial charge in [-0.2, -0.15) is 5.10 Å². The maximum atomic E-state index is 12.8. The van der Waals surface area contributed by atoms with Crippen LogP contribution in [0, 0.1) is 0 Å². The summed E-state index contributed by atoms with van der Waals surface area (Å²) in [5.74, 6) is -0.0126. The molecular weight excluding hydrogens is 332 g/mol. The average molecular weight is 352 g/mol. The second-order valence-corrected chi connectivity index (χ2v) is 6.52. The molecule has 3 N–H and O–H groups in total. The first kappa shape index (κ1) is 16.3. The lowest BCUT2D eigenvalue weighted by Crippen LogP contribution is -2.46. The first-order valence-corrected chi connectivity index (χ1v) is 8.68. The molecule has 0 atom stereocenters. The van der Waals surface area contributed by atoms with Gasteiger partial charge in [-0.1, -0.05) is 6.07 Å². The number of aromatic nitrogens is 4. The van der Waals surface area contributed by atoms with Gasteiger partial charge in [-0.3, -0.25) is 14.7 Å². The Morgan fingerprint density at radius 3 is 2.85 bits per heavy atom. The van der Waals surface area contributed by atoms with Crippen molar-refractivity contribution >= 4 is 22.7 Å². The monoisotopic (exact) mass is 352 g/mol. The fraction of sp³-hybridized carbons (Fsp3) is 0.333. The summed E-state index contributed by atoms with van der Waals surface area (Å²) < 4.78 is 0. The molecule has 8 nitrogen and oxygen atoms in total. The molecule has 1 aliphatic heterocycles. The van der Waals surface area contributed by atoms with Crippen molar-refractivity contribution in [2.45, 2.75) is 25.3 Å². The Kier molecular flexibility index (Phi) is 4.39. The fourth-order valence-electron chi connectivity index (χ4n) is 3.38. The molecule has 0 saturated carbocycles. The van der Waals surface area contributed by atoms with Gasteiger partial charge in [0.1, 0.15) is 0 Å². The Balaban J connectivity index is 1.34. The quantitative estimate of drug-likeness (QED) is 0.657. The minimum Gasteiger partial charge on any atom is -0.353 e. The van der Waals surface area contributed by atoms with E-state index in [2.05, 4.69) is 25.5 Å². The topological polar surface area (TPSA) is 107 Å². The van der Waals surface area contributed by atoms with Crippen LogP contribution in [-0.4, -0.2) is 56.0 Å². The molecule has 8 heteroatoms. The van der Waals surface area contributed by atoms with E-state index in [1.54, 1.807) is 18.7 Å². The highest BCUT2D eigenvalue weighted by molar-refractivity contribution is 6.06. The third-order valence-corrected chi connectivity index (χ3v) is 4.77. The largest absolute Gasteiger partial charge is 0.353 e. The first-order chi connectivity index (χ1) is 12.7. The number of imidazole rings is 1. The number of benzene rings is 1. The SMILES string of the molecule is O=C(Cc1cnc[nH]1)NC1CCN(C(=O)c2cccc3[nH]ncc23)CC1. The standard InChI is InChI=1S/C18H20N6O2/c25-17(8-13-9-19-11-20-13)22-12-4-6-24(7-5-12)18(26)14-2-1-3-16-15(14)10-21-23-16/h1-3,9-12H,4-8H2,(H,19,20)(H,21,23)(H,22,25). The number of fused-ring (bicyclic) bond motifs is 1. The summed E-state index contributed by atoms with van der Waals surface area (Å²) >= 11 is 0. The number of nitrogens with one attached hydrogen (secondary N) is 3. The minimum atomic E-state index is -0.0257. The molecule has 0 bridgehead atoms. The lowest BCUT2D eigenvalue weighted by atomic mass is 10.0. The van der Waals surface area contributed by atoms with Crippen LogP contribution < -0.4 is 5.32 Å². The van der Waals surface area contributed by atoms with Crippen LogP contribution in [0.1, 0.15) is 28.9 Å². The smallest absolute Gasteiger partial charge is 0.254 e. The third-order valence-electron chi connectivity index (χ3n) is 4.77. The van der Waals surface area contributed by atoms with Gasteiger partial charge < -0.3 is 15.2 Å². The summed E-state index contributed by atoms with van der Waals surface area (Å²) in [5, 5.41) is 10.8. The van der Waals surface area contributed by atoms with Crippen molar-refractivity contribution in [2.75, 3.05) is 13.1 Å². The van der Waals surface area contributed by atoms with Gasteiger partial charge in [0.15, 0.2) is 0 Å². The molecule has 0 spiro atoms. The van der Waals surface area contributed by atoms with Crippen molar-refractivity contribution in [3.8, 4) is 0 Å². The Hall–Kier alpha value is -3.16. The van der Waals surface area contributed by atoms with Crippen LogP contribution in [0.25, 0.3) is 10.9 Å². The van der Waals surface area contributed by atoms with Crippen LogP contribution in [0.3, 0.4) is 0 Å². The van der Waals surface area contributed by atoms with E-state index in [-0.39, 0.29) is 17.9 Å². The van der Waals surface area contributed by atoms with Crippen molar-refractivity contribution in [1.29, 1.82) is 0 Å².